The van der Waals surface area contributed by atoms with Crippen LogP contribution in [0.3, 0.4) is 0 Å². The number of aromatic nitrogens is 1. The fourth-order valence-corrected chi connectivity index (χ4v) is 4.34. The number of terminal acetylenes is 1. The van der Waals surface area contributed by atoms with Gasteiger partial charge in [-0.05, 0) is 25.0 Å². The van der Waals surface area contributed by atoms with E-state index >= 15 is 0 Å². The number of hydrogen-bond acceptors (Lipinski definition) is 2. The van der Waals surface area contributed by atoms with E-state index in [9.17, 15) is 4.79 Å². The number of benzene rings is 1. The Hall–Kier alpha value is -1.57. The van der Waals surface area contributed by atoms with Gasteiger partial charge in [0.2, 0.25) is 0 Å². The molecular weight excluding hydrogens is 316 g/mol. The van der Waals surface area contributed by atoms with Crippen LogP contribution in [0.1, 0.15) is 32.1 Å². The molecule has 1 heterocycles. The highest BCUT2D eigenvalue weighted by molar-refractivity contribution is 7.16. The molecule has 0 bridgehead atoms. The van der Waals surface area contributed by atoms with Gasteiger partial charge in [-0.3, -0.25) is 4.79 Å². The molecule has 0 saturated heterocycles. The molecule has 22 heavy (non-hydrogen) atoms. The normalized spacial score (nSPS) is 16.8. The largest absolute Gasteiger partial charge is 0.303 e. The first kappa shape index (κ1) is 15.3. The third-order valence-electron chi connectivity index (χ3n) is 4.06. The molecule has 0 unspecified atom stereocenters. The van der Waals surface area contributed by atoms with Crippen LogP contribution in [0.5, 0.6) is 0 Å². The van der Waals surface area contributed by atoms with Crippen molar-refractivity contribution in [3.63, 3.8) is 0 Å². The van der Waals surface area contributed by atoms with Crippen molar-refractivity contribution in [3.8, 4) is 12.3 Å². The second kappa shape index (κ2) is 6.68. The Morgan fingerprint density at radius 3 is 2.91 bits per heavy atom. The summed E-state index contributed by atoms with van der Waals surface area (Å²) < 4.78 is 2.86. The molecule has 0 spiro atoms. The lowest BCUT2D eigenvalue weighted by atomic mass is 9.89. The molecule has 1 aromatic carbocycles. The number of carbonyl (C=O) groups excluding carboxylic acids is 1. The van der Waals surface area contributed by atoms with Gasteiger partial charge < -0.3 is 4.57 Å². The molecule has 1 aliphatic carbocycles. The van der Waals surface area contributed by atoms with Crippen molar-refractivity contribution >= 4 is 39.1 Å². The first-order valence-corrected chi connectivity index (χ1v) is 8.70. The second-order valence-corrected chi connectivity index (χ2v) is 6.96. The first-order chi connectivity index (χ1) is 10.7. The minimum absolute atomic E-state index is 0.0202. The van der Waals surface area contributed by atoms with E-state index in [0.717, 1.165) is 35.9 Å². The van der Waals surface area contributed by atoms with E-state index in [-0.39, 0.29) is 11.8 Å². The van der Waals surface area contributed by atoms with Gasteiger partial charge in [0.05, 0.1) is 21.8 Å². The highest BCUT2D eigenvalue weighted by Gasteiger charge is 2.21. The molecule has 1 fully saturated rings. The molecular formula is C17H17ClN2OS. The third-order valence-corrected chi connectivity index (χ3v) is 5.41. The lowest BCUT2D eigenvalue weighted by Gasteiger charge is -2.17. The Kier molecular flexibility index (Phi) is 4.66. The topological polar surface area (TPSA) is 34.4 Å². The molecule has 0 aliphatic heterocycles. The minimum Gasteiger partial charge on any atom is -0.303 e. The Labute approximate surface area is 138 Å². The van der Waals surface area contributed by atoms with Crippen LogP contribution in [-0.2, 0) is 11.3 Å². The lowest BCUT2D eigenvalue weighted by molar-refractivity contribution is -0.122. The molecule has 0 radical (unpaired) electrons. The highest BCUT2D eigenvalue weighted by Crippen LogP contribution is 2.26. The maximum absolute atomic E-state index is 12.4. The van der Waals surface area contributed by atoms with E-state index in [2.05, 4.69) is 10.9 Å². The van der Waals surface area contributed by atoms with Gasteiger partial charge in [-0.2, -0.15) is 4.99 Å². The van der Waals surface area contributed by atoms with Crippen molar-refractivity contribution in [3.05, 3.63) is 28.0 Å². The van der Waals surface area contributed by atoms with Gasteiger partial charge in [-0.15, -0.1) is 6.42 Å². The summed E-state index contributed by atoms with van der Waals surface area (Å²) in [5.74, 6) is 2.67. The number of thiazole rings is 1. The van der Waals surface area contributed by atoms with Crippen LogP contribution in [0, 0.1) is 18.3 Å². The highest BCUT2D eigenvalue weighted by atomic mass is 35.5. The molecule has 1 aliphatic rings. The number of halogens is 1. The Balaban J connectivity index is 2.07. The summed E-state index contributed by atoms with van der Waals surface area (Å²) in [5.41, 5.74) is 0.863. The molecule has 0 N–H and O–H groups in total. The molecule has 114 valence electrons. The Morgan fingerprint density at radius 2 is 2.18 bits per heavy atom. The van der Waals surface area contributed by atoms with Crippen molar-refractivity contribution in [1.29, 1.82) is 0 Å². The van der Waals surface area contributed by atoms with Crippen molar-refractivity contribution < 1.29 is 4.79 Å². The van der Waals surface area contributed by atoms with Crippen LogP contribution in [-0.4, -0.2) is 10.5 Å². The smallest absolute Gasteiger partial charge is 0.251 e. The molecule has 3 rings (SSSR count). The van der Waals surface area contributed by atoms with Gasteiger partial charge in [0.15, 0.2) is 4.80 Å². The fourth-order valence-electron chi connectivity index (χ4n) is 2.95. The van der Waals surface area contributed by atoms with Crippen LogP contribution in [0.4, 0.5) is 0 Å². The maximum atomic E-state index is 12.4. The number of nitrogens with zero attached hydrogens (tertiary/aromatic N) is 2. The van der Waals surface area contributed by atoms with Crippen molar-refractivity contribution in [2.45, 2.75) is 38.6 Å². The van der Waals surface area contributed by atoms with Crippen molar-refractivity contribution in [2.75, 3.05) is 0 Å². The van der Waals surface area contributed by atoms with Crippen LogP contribution >= 0.6 is 22.9 Å². The molecule has 3 nitrogen and oxygen atoms in total. The molecule has 1 amide bonds. The number of rotatable bonds is 2. The number of amides is 1. The third kappa shape index (κ3) is 2.97. The summed E-state index contributed by atoms with van der Waals surface area (Å²) >= 11 is 7.75. The molecule has 2 aromatic rings. The van der Waals surface area contributed by atoms with Gasteiger partial charge in [0.1, 0.15) is 0 Å². The summed E-state index contributed by atoms with van der Waals surface area (Å²) in [4.78, 5) is 17.4. The minimum atomic E-state index is -0.0202. The molecule has 1 saturated carbocycles. The average Bonchev–Trinajstić information content (AvgIpc) is 2.87. The quantitative estimate of drug-likeness (QED) is 0.765. The van der Waals surface area contributed by atoms with E-state index in [1.54, 1.807) is 0 Å². The second-order valence-electron chi connectivity index (χ2n) is 5.55. The van der Waals surface area contributed by atoms with Crippen LogP contribution in [0.2, 0.25) is 5.02 Å². The number of para-hydroxylation sites is 1. The number of fused-ring (bicyclic) bond motifs is 1. The standard InChI is InChI=1S/C17H17ClN2OS/c1-2-11-20-15-13(18)9-6-10-14(15)22-17(20)19-16(21)12-7-4-3-5-8-12/h1,6,9-10,12H,3-5,7-8,11H2. The zero-order chi connectivity index (χ0) is 15.5. The van der Waals surface area contributed by atoms with E-state index in [1.165, 1.54) is 17.8 Å². The molecule has 1 aromatic heterocycles. The van der Waals surface area contributed by atoms with Gasteiger partial charge in [0.25, 0.3) is 5.91 Å². The fraction of sp³-hybridized carbons (Fsp3) is 0.412. The van der Waals surface area contributed by atoms with Gasteiger partial charge in [-0.1, -0.05) is 54.2 Å². The number of carbonyl (C=O) groups is 1. The Bertz CT molecular complexity index is 806. The summed E-state index contributed by atoms with van der Waals surface area (Å²) in [6.45, 7) is 0.362. The van der Waals surface area contributed by atoms with Crippen molar-refractivity contribution in [1.82, 2.24) is 4.57 Å². The summed E-state index contributed by atoms with van der Waals surface area (Å²) in [6.07, 6.45) is 10.8. The van der Waals surface area contributed by atoms with E-state index < -0.39 is 0 Å². The first-order valence-electron chi connectivity index (χ1n) is 7.50. The summed E-state index contributed by atoms with van der Waals surface area (Å²) in [5, 5.41) is 0.635. The van der Waals surface area contributed by atoms with E-state index in [1.807, 2.05) is 22.8 Å². The zero-order valence-electron chi connectivity index (χ0n) is 12.2. The van der Waals surface area contributed by atoms with Crippen LogP contribution in [0.15, 0.2) is 23.2 Å². The summed E-state index contributed by atoms with van der Waals surface area (Å²) in [6, 6.07) is 5.70. The molecule has 5 heteroatoms. The monoisotopic (exact) mass is 332 g/mol. The summed E-state index contributed by atoms with van der Waals surface area (Å²) in [7, 11) is 0. The van der Waals surface area contributed by atoms with Crippen LogP contribution in [0.25, 0.3) is 10.2 Å². The maximum Gasteiger partial charge on any atom is 0.251 e. The van der Waals surface area contributed by atoms with Gasteiger partial charge >= 0.3 is 0 Å². The van der Waals surface area contributed by atoms with Crippen molar-refractivity contribution in [2.24, 2.45) is 10.9 Å². The lowest BCUT2D eigenvalue weighted by Crippen LogP contribution is -2.21. The van der Waals surface area contributed by atoms with Gasteiger partial charge in [-0.25, -0.2) is 0 Å². The SMILES string of the molecule is C#CCn1c(=NC(=O)C2CCCCC2)sc2cccc(Cl)c21. The zero-order valence-corrected chi connectivity index (χ0v) is 13.8. The van der Waals surface area contributed by atoms with Crippen LogP contribution < -0.4 is 4.80 Å². The predicted molar refractivity (Wildman–Crippen MR) is 90.8 cm³/mol. The predicted octanol–water partition coefficient (Wildman–Crippen LogP) is 4.00. The van der Waals surface area contributed by atoms with E-state index in [0.29, 0.717) is 16.4 Å². The van der Waals surface area contributed by atoms with E-state index in [4.69, 9.17) is 18.0 Å². The average molecular weight is 333 g/mol. The number of hydrogen-bond donors (Lipinski definition) is 0. The molecule has 0 atom stereocenters. The Morgan fingerprint density at radius 1 is 1.41 bits per heavy atom. The van der Waals surface area contributed by atoms with Gasteiger partial charge in [0, 0.05) is 5.92 Å².